The molecule has 2 aromatic heterocycles. The number of aromatic nitrogens is 2. The van der Waals surface area contributed by atoms with Gasteiger partial charge in [-0.1, -0.05) is 72.3 Å². The van der Waals surface area contributed by atoms with Gasteiger partial charge in [-0.15, -0.1) is 11.3 Å². The molecule has 0 aliphatic carbocycles. The molecule has 0 aliphatic heterocycles. The average Bonchev–Trinajstić information content (AvgIpc) is 3.06. The van der Waals surface area contributed by atoms with Crippen LogP contribution in [0.2, 0.25) is 5.02 Å². The van der Waals surface area contributed by atoms with E-state index in [0.717, 1.165) is 48.0 Å². The average molecular weight is 373 g/mol. The molecule has 0 atom stereocenters. The van der Waals surface area contributed by atoms with Gasteiger partial charge in [0.1, 0.15) is 0 Å². The van der Waals surface area contributed by atoms with Crippen LogP contribution in [0.3, 0.4) is 0 Å². The number of halogens is 1. The Morgan fingerprint density at radius 3 is 2.15 bits per heavy atom. The molecule has 0 amide bonds. The third-order valence-corrected chi connectivity index (χ3v) is 5.74. The maximum Gasteiger partial charge on any atom is 0.160 e. The van der Waals surface area contributed by atoms with Gasteiger partial charge in [0, 0.05) is 26.2 Å². The molecular weight excluding hydrogens is 360 g/mol. The molecule has 0 saturated heterocycles. The highest BCUT2D eigenvalue weighted by Crippen LogP contribution is 2.40. The van der Waals surface area contributed by atoms with E-state index in [1.165, 1.54) is 0 Å². The van der Waals surface area contributed by atoms with Crippen molar-refractivity contribution in [2.45, 2.75) is 0 Å². The Hall–Kier alpha value is -2.75. The van der Waals surface area contributed by atoms with Gasteiger partial charge >= 0.3 is 0 Å². The number of benzene rings is 3. The second-order valence-electron chi connectivity index (χ2n) is 6.05. The van der Waals surface area contributed by atoms with E-state index < -0.39 is 0 Å². The second-order valence-corrected chi connectivity index (χ2v) is 7.54. The van der Waals surface area contributed by atoms with E-state index in [1.54, 1.807) is 11.3 Å². The predicted molar refractivity (Wildman–Crippen MR) is 111 cm³/mol. The van der Waals surface area contributed by atoms with Crippen molar-refractivity contribution < 1.29 is 0 Å². The molecule has 124 valence electrons. The molecule has 0 saturated carbocycles. The highest BCUT2D eigenvalue weighted by molar-refractivity contribution is 7.26. The number of thiophene rings is 1. The predicted octanol–water partition coefficient (Wildman–Crippen LogP) is 6.83. The Morgan fingerprint density at radius 2 is 1.42 bits per heavy atom. The lowest BCUT2D eigenvalue weighted by Gasteiger charge is -2.06. The fourth-order valence-corrected chi connectivity index (χ4v) is 4.55. The summed E-state index contributed by atoms with van der Waals surface area (Å²) >= 11 is 7.89. The molecule has 26 heavy (non-hydrogen) atoms. The molecule has 0 spiro atoms. The summed E-state index contributed by atoms with van der Waals surface area (Å²) in [6.07, 6.45) is 0. The molecule has 0 fully saturated rings. The standard InChI is InChI=1S/C22H13ClN2S/c23-16-11-12-17-18(13-16)26-21-19(14-7-3-1-4-8-14)24-22(25-20(17)21)15-9-5-2-6-10-15/h1-13H. The third kappa shape index (κ3) is 2.57. The smallest absolute Gasteiger partial charge is 0.160 e. The molecule has 0 aliphatic rings. The lowest BCUT2D eigenvalue weighted by atomic mass is 10.1. The minimum Gasteiger partial charge on any atom is -0.226 e. The molecule has 5 rings (SSSR count). The van der Waals surface area contributed by atoms with E-state index in [-0.39, 0.29) is 0 Å². The lowest BCUT2D eigenvalue weighted by molar-refractivity contribution is 1.24. The van der Waals surface area contributed by atoms with Crippen LogP contribution in [0.1, 0.15) is 0 Å². The van der Waals surface area contributed by atoms with Gasteiger partial charge in [-0.05, 0) is 18.2 Å². The van der Waals surface area contributed by atoms with E-state index in [2.05, 4.69) is 12.1 Å². The summed E-state index contributed by atoms with van der Waals surface area (Å²) in [5.74, 6) is 0.742. The molecule has 5 aromatic rings. The molecule has 2 nitrogen and oxygen atoms in total. The first-order chi connectivity index (χ1) is 12.8. The number of nitrogens with zero attached hydrogens (tertiary/aromatic N) is 2. The van der Waals surface area contributed by atoms with Crippen molar-refractivity contribution in [2.75, 3.05) is 0 Å². The monoisotopic (exact) mass is 372 g/mol. The van der Waals surface area contributed by atoms with E-state index in [0.29, 0.717) is 0 Å². The lowest BCUT2D eigenvalue weighted by Crippen LogP contribution is -1.93. The zero-order valence-corrected chi connectivity index (χ0v) is 15.3. The Balaban J connectivity index is 1.90. The fourth-order valence-electron chi connectivity index (χ4n) is 3.12. The van der Waals surface area contributed by atoms with Gasteiger partial charge in [-0.25, -0.2) is 9.97 Å². The minimum absolute atomic E-state index is 0.738. The van der Waals surface area contributed by atoms with Crippen LogP contribution in [0.5, 0.6) is 0 Å². The number of rotatable bonds is 2. The zero-order chi connectivity index (χ0) is 17.5. The van der Waals surface area contributed by atoms with Crippen LogP contribution in [-0.4, -0.2) is 9.97 Å². The number of fused-ring (bicyclic) bond motifs is 3. The van der Waals surface area contributed by atoms with Crippen LogP contribution >= 0.6 is 22.9 Å². The van der Waals surface area contributed by atoms with Crippen molar-refractivity contribution in [3.8, 4) is 22.6 Å². The van der Waals surface area contributed by atoms with Gasteiger partial charge in [0.2, 0.25) is 0 Å². The van der Waals surface area contributed by atoms with Gasteiger partial charge in [0.05, 0.1) is 15.9 Å². The maximum atomic E-state index is 6.20. The van der Waals surface area contributed by atoms with Crippen molar-refractivity contribution in [3.63, 3.8) is 0 Å². The van der Waals surface area contributed by atoms with Gasteiger partial charge in [-0.3, -0.25) is 0 Å². The summed E-state index contributed by atoms with van der Waals surface area (Å²) in [6, 6.07) is 26.4. The molecule has 2 heterocycles. The van der Waals surface area contributed by atoms with Crippen molar-refractivity contribution >= 4 is 43.2 Å². The number of hydrogen-bond donors (Lipinski definition) is 0. The molecule has 0 bridgehead atoms. The molecular formula is C22H13ClN2S. The summed E-state index contributed by atoms with van der Waals surface area (Å²) in [4.78, 5) is 9.83. The van der Waals surface area contributed by atoms with Gasteiger partial charge in [-0.2, -0.15) is 0 Å². The molecule has 3 aromatic carbocycles. The third-order valence-electron chi connectivity index (χ3n) is 4.36. The van der Waals surface area contributed by atoms with Crippen molar-refractivity contribution in [1.29, 1.82) is 0 Å². The van der Waals surface area contributed by atoms with Crippen LogP contribution in [0.15, 0.2) is 78.9 Å². The first kappa shape index (κ1) is 15.5. The van der Waals surface area contributed by atoms with Crippen LogP contribution < -0.4 is 0 Å². The SMILES string of the molecule is Clc1ccc2c(c1)sc1c(-c3ccccc3)nc(-c3ccccc3)nc12. The molecule has 0 radical (unpaired) electrons. The first-order valence-electron chi connectivity index (χ1n) is 8.30. The zero-order valence-electron chi connectivity index (χ0n) is 13.7. The Morgan fingerprint density at radius 1 is 0.731 bits per heavy atom. The Kier molecular flexibility index (Phi) is 3.70. The summed E-state index contributed by atoms with van der Waals surface area (Å²) < 4.78 is 2.22. The van der Waals surface area contributed by atoms with E-state index in [9.17, 15) is 0 Å². The molecule has 4 heteroatoms. The van der Waals surface area contributed by atoms with Crippen LogP contribution in [0.4, 0.5) is 0 Å². The maximum absolute atomic E-state index is 6.20. The quantitative estimate of drug-likeness (QED) is 0.339. The summed E-state index contributed by atoms with van der Waals surface area (Å²) in [7, 11) is 0. The Labute approximate surface area is 159 Å². The summed E-state index contributed by atoms with van der Waals surface area (Å²) in [5.41, 5.74) is 4.05. The molecule has 0 N–H and O–H groups in total. The molecule has 0 unspecified atom stereocenters. The van der Waals surface area contributed by atoms with E-state index >= 15 is 0 Å². The van der Waals surface area contributed by atoms with Crippen LogP contribution in [0.25, 0.3) is 42.9 Å². The summed E-state index contributed by atoms with van der Waals surface area (Å²) in [6.45, 7) is 0. The minimum atomic E-state index is 0.738. The van der Waals surface area contributed by atoms with Gasteiger partial charge in [0.25, 0.3) is 0 Å². The van der Waals surface area contributed by atoms with Crippen molar-refractivity contribution in [3.05, 3.63) is 83.9 Å². The highest BCUT2D eigenvalue weighted by atomic mass is 35.5. The number of hydrogen-bond acceptors (Lipinski definition) is 3. The summed E-state index contributed by atoms with van der Waals surface area (Å²) in [5, 5.41) is 1.85. The van der Waals surface area contributed by atoms with Crippen molar-refractivity contribution in [2.24, 2.45) is 0 Å². The Bertz CT molecular complexity index is 1230. The highest BCUT2D eigenvalue weighted by Gasteiger charge is 2.16. The van der Waals surface area contributed by atoms with E-state index in [1.807, 2.05) is 66.7 Å². The van der Waals surface area contributed by atoms with Crippen LogP contribution in [-0.2, 0) is 0 Å². The first-order valence-corrected chi connectivity index (χ1v) is 9.50. The normalized spacial score (nSPS) is 11.3. The second kappa shape index (κ2) is 6.20. The van der Waals surface area contributed by atoms with Gasteiger partial charge in [0.15, 0.2) is 5.82 Å². The topological polar surface area (TPSA) is 25.8 Å². The van der Waals surface area contributed by atoms with Crippen molar-refractivity contribution in [1.82, 2.24) is 9.97 Å². The fraction of sp³-hybridized carbons (Fsp3) is 0. The largest absolute Gasteiger partial charge is 0.226 e. The van der Waals surface area contributed by atoms with E-state index in [4.69, 9.17) is 21.6 Å². The van der Waals surface area contributed by atoms with Gasteiger partial charge < -0.3 is 0 Å². The van der Waals surface area contributed by atoms with Crippen LogP contribution in [0, 0.1) is 0 Å².